The fraction of sp³-hybridized carbons (Fsp3) is 0.500. The number of hydrogen-bond acceptors (Lipinski definition) is 3. The number of para-hydroxylation sites is 2. The van der Waals surface area contributed by atoms with Crippen LogP contribution < -0.4 is 15.4 Å². The summed E-state index contributed by atoms with van der Waals surface area (Å²) in [6.07, 6.45) is 2.47. The summed E-state index contributed by atoms with van der Waals surface area (Å²) in [5.74, 6) is 0.920. The molecule has 1 saturated heterocycles. The van der Waals surface area contributed by atoms with Crippen molar-refractivity contribution in [3.05, 3.63) is 24.3 Å². The number of nitrogens with one attached hydrogen (secondary N) is 2. The zero-order valence-electron chi connectivity index (χ0n) is 9.12. The Morgan fingerprint density at radius 1 is 1.40 bits per heavy atom. The van der Waals surface area contributed by atoms with Gasteiger partial charge in [0.05, 0.1) is 12.8 Å². The van der Waals surface area contributed by atoms with Crippen LogP contribution in [0, 0.1) is 0 Å². The molecule has 0 aliphatic carbocycles. The summed E-state index contributed by atoms with van der Waals surface area (Å²) >= 11 is 0. The summed E-state index contributed by atoms with van der Waals surface area (Å²) in [5, 5.41) is 6.90. The van der Waals surface area contributed by atoms with Crippen LogP contribution in [0.3, 0.4) is 0 Å². The Morgan fingerprint density at radius 2 is 2.27 bits per heavy atom. The van der Waals surface area contributed by atoms with E-state index in [1.54, 1.807) is 7.11 Å². The zero-order valence-corrected chi connectivity index (χ0v) is 9.12. The molecule has 0 aromatic heterocycles. The highest BCUT2D eigenvalue weighted by molar-refractivity contribution is 5.56. The highest BCUT2D eigenvalue weighted by Crippen LogP contribution is 2.24. The van der Waals surface area contributed by atoms with Gasteiger partial charge in [-0.25, -0.2) is 0 Å². The van der Waals surface area contributed by atoms with E-state index in [2.05, 4.69) is 16.7 Å². The fourth-order valence-electron chi connectivity index (χ4n) is 1.96. The van der Waals surface area contributed by atoms with Crippen molar-refractivity contribution in [2.24, 2.45) is 0 Å². The van der Waals surface area contributed by atoms with E-state index in [0.29, 0.717) is 6.04 Å². The molecule has 15 heavy (non-hydrogen) atoms. The van der Waals surface area contributed by atoms with Gasteiger partial charge in [-0.3, -0.25) is 0 Å². The van der Waals surface area contributed by atoms with Crippen molar-refractivity contribution >= 4 is 5.69 Å². The standard InChI is InChI=1S/C12H18N2O/c1-15-12-7-3-2-6-11(12)14-10-5-4-8-13-9-10/h2-3,6-7,10,13-14H,4-5,8-9H2,1H3. The normalized spacial score (nSPS) is 21.0. The molecule has 1 aliphatic rings. The molecule has 1 unspecified atom stereocenters. The maximum Gasteiger partial charge on any atom is 0.141 e. The third kappa shape index (κ3) is 2.63. The fourth-order valence-corrected chi connectivity index (χ4v) is 1.96. The molecule has 1 aromatic rings. The summed E-state index contributed by atoms with van der Waals surface area (Å²) in [7, 11) is 1.71. The van der Waals surface area contributed by atoms with Gasteiger partial charge in [0.15, 0.2) is 0 Å². The van der Waals surface area contributed by atoms with Crippen molar-refractivity contribution in [2.75, 3.05) is 25.5 Å². The van der Waals surface area contributed by atoms with Gasteiger partial charge in [-0.1, -0.05) is 12.1 Å². The molecule has 0 saturated carbocycles. The molecule has 0 radical (unpaired) electrons. The van der Waals surface area contributed by atoms with Gasteiger partial charge in [0.1, 0.15) is 5.75 Å². The molecule has 2 N–H and O–H groups in total. The lowest BCUT2D eigenvalue weighted by molar-refractivity contribution is 0.414. The van der Waals surface area contributed by atoms with Crippen molar-refractivity contribution in [2.45, 2.75) is 18.9 Å². The van der Waals surface area contributed by atoms with E-state index in [9.17, 15) is 0 Å². The molecule has 1 atom stereocenters. The molecule has 0 amide bonds. The van der Waals surface area contributed by atoms with E-state index in [1.807, 2.05) is 18.2 Å². The SMILES string of the molecule is COc1ccccc1NC1CCCNC1. The monoisotopic (exact) mass is 206 g/mol. The molecule has 3 nitrogen and oxygen atoms in total. The van der Waals surface area contributed by atoms with E-state index < -0.39 is 0 Å². The summed E-state index contributed by atoms with van der Waals surface area (Å²) in [6.45, 7) is 2.18. The van der Waals surface area contributed by atoms with Crippen molar-refractivity contribution < 1.29 is 4.74 Å². The second kappa shape index (κ2) is 5.03. The minimum Gasteiger partial charge on any atom is -0.495 e. The van der Waals surface area contributed by atoms with Crippen LogP contribution in [0.2, 0.25) is 0 Å². The van der Waals surface area contributed by atoms with Crippen LogP contribution in [0.5, 0.6) is 5.75 Å². The summed E-state index contributed by atoms with van der Waals surface area (Å²) < 4.78 is 5.30. The highest BCUT2D eigenvalue weighted by Gasteiger charge is 2.13. The van der Waals surface area contributed by atoms with Gasteiger partial charge in [-0.05, 0) is 31.5 Å². The molecule has 2 rings (SSSR count). The average molecular weight is 206 g/mol. The first-order chi connectivity index (χ1) is 7.40. The Kier molecular flexibility index (Phi) is 3.45. The third-order valence-electron chi connectivity index (χ3n) is 2.76. The Hall–Kier alpha value is -1.22. The number of hydrogen-bond donors (Lipinski definition) is 2. The Bertz CT molecular complexity index is 308. The topological polar surface area (TPSA) is 33.3 Å². The quantitative estimate of drug-likeness (QED) is 0.792. The van der Waals surface area contributed by atoms with Gasteiger partial charge in [-0.15, -0.1) is 0 Å². The molecule has 1 heterocycles. The van der Waals surface area contributed by atoms with Gasteiger partial charge in [0.25, 0.3) is 0 Å². The Balaban J connectivity index is 2.02. The molecule has 1 aromatic carbocycles. The first-order valence-electron chi connectivity index (χ1n) is 5.50. The minimum atomic E-state index is 0.523. The number of methoxy groups -OCH3 is 1. The number of piperidine rings is 1. The number of rotatable bonds is 3. The number of ether oxygens (including phenoxy) is 1. The first kappa shape index (κ1) is 10.3. The molecular weight excluding hydrogens is 188 g/mol. The second-order valence-electron chi connectivity index (χ2n) is 3.89. The lowest BCUT2D eigenvalue weighted by Crippen LogP contribution is -2.38. The summed E-state index contributed by atoms with van der Waals surface area (Å²) in [4.78, 5) is 0. The van der Waals surface area contributed by atoms with Gasteiger partial charge >= 0.3 is 0 Å². The van der Waals surface area contributed by atoms with Crippen molar-refractivity contribution in [1.29, 1.82) is 0 Å². The maximum absolute atomic E-state index is 5.30. The van der Waals surface area contributed by atoms with Crippen LogP contribution in [0.1, 0.15) is 12.8 Å². The van der Waals surface area contributed by atoms with Crippen LogP contribution in [-0.4, -0.2) is 26.2 Å². The highest BCUT2D eigenvalue weighted by atomic mass is 16.5. The predicted octanol–water partition coefficient (Wildman–Crippen LogP) is 1.86. The van der Waals surface area contributed by atoms with Gasteiger partial charge in [0.2, 0.25) is 0 Å². The predicted molar refractivity (Wildman–Crippen MR) is 62.5 cm³/mol. The summed E-state index contributed by atoms with van der Waals surface area (Å²) in [5.41, 5.74) is 1.09. The Morgan fingerprint density at radius 3 is 3.00 bits per heavy atom. The second-order valence-corrected chi connectivity index (χ2v) is 3.89. The molecule has 0 spiro atoms. The van der Waals surface area contributed by atoms with E-state index >= 15 is 0 Å². The minimum absolute atomic E-state index is 0.523. The smallest absolute Gasteiger partial charge is 0.141 e. The zero-order chi connectivity index (χ0) is 10.5. The molecular formula is C12H18N2O. The van der Waals surface area contributed by atoms with Crippen molar-refractivity contribution in [1.82, 2.24) is 5.32 Å². The van der Waals surface area contributed by atoms with Crippen LogP contribution in [0.15, 0.2) is 24.3 Å². The van der Waals surface area contributed by atoms with Crippen LogP contribution >= 0.6 is 0 Å². The number of anilines is 1. The molecule has 3 heteroatoms. The van der Waals surface area contributed by atoms with Crippen LogP contribution in [0.25, 0.3) is 0 Å². The molecule has 1 fully saturated rings. The largest absolute Gasteiger partial charge is 0.495 e. The summed E-state index contributed by atoms with van der Waals surface area (Å²) in [6, 6.07) is 8.59. The maximum atomic E-state index is 5.30. The number of benzene rings is 1. The first-order valence-corrected chi connectivity index (χ1v) is 5.50. The van der Waals surface area contributed by atoms with Gasteiger partial charge in [-0.2, -0.15) is 0 Å². The van der Waals surface area contributed by atoms with E-state index in [-0.39, 0.29) is 0 Å². The molecule has 82 valence electrons. The van der Waals surface area contributed by atoms with E-state index in [4.69, 9.17) is 4.74 Å². The van der Waals surface area contributed by atoms with E-state index in [1.165, 1.54) is 12.8 Å². The van der Waals surface area contributed by atoms with E-state index in [0.717, 1.165) is 24.5 Å². The van der Waals surface area contributed by atoms with Gasteiger partial charge < -0.3 is 15.4 Å². The molecule has 0 bridgehead atoms. The van der Waals surface area contributed by atoms with Crippen LogP contribution in [0.4, 0.5) is 5.69 Å². The third-order valence-corrected chi connectivity index (χ3v) is 2.76. The average Bonchev–Trinajstić information content (AvgIpc) is 2.31. The van der Waals surface area contributed by atoms with Crippen LogP contribution in [-0.2, 0) is 0 Å². The lowest BCUT2D eigenvalue weighted by atomic mass is 10.1. The van der Waals surface area contributed by atoms with Crippen molar-refractivity contribution in [3.63, 3.8) is 0 Å². The lowest BCUT2D eigenvalue weighted by Gasteiger charge is -2.25. The Labute approximate surface area is 90.8 Å². The van der Waals surface area contributed by atoms with Gasteiger partial charge in [0, 0.05) is 12.6 Å². The molecule has 1 aliphatic heterocycles. The van der Waals surface area contributed by atoms with Crippen molar-refractivity contribution in [3.8, 4) is 5.75 Å².